The Hall–Kier alpha value is -2.37. The smallest absolute Gasteiger partial charge is 0.387 e. The predicted molar refractivity (Wildman–Crippen MR) is 115 cm³/mol. The quantitative estimate of drug-likeness (QED) is 0.276. The van der Waals surface area contributed by atoms with Crippen molar-refractivity contribution in [1.29, 1.82) is 0 Å². The summed E-state index contributed by atoms with van der Waals surface area (Å²) < 4.78 is 48.3. The van der Waals surface area contributed by atoms with Crippen LogP contribution in [0.5, 0.6) is 17.2 Å². The maximum absolute atomic E-state index is 13.4. The molecule has 2 aromatic carbocycles. The summed E-state index contributed by atoms with van der Waals surface area (Å²) in [7, 11) is 1.47. The van der Waals surface area contributed by atoms with Crippen molar-refractivity contribution in [2.24, 2.45) is 4.99 Å². The Labute approximate surface area is 184 Å². The lowest BCUT2D eigenvalue weighted by Crippen LogP contribution is -2.36. The van der Waals surface area contributed by atoms with Gasteiger partial charge in [-0.2, -0.15) is 8.78 Å². The van der Waals surface area contributed by atoms with Crippen LogP contribution in [0.25, 0.3) is 0 Å². The third kappa shape index (κ3) is 7.87. The van der Waals surface area contributed by atoms with Gasteiger partial charge in [0, 0.05) is 18.7 Å². The molecule has 0 unspecified atom stereocenters. The molecule has 29 heavy (non-hydrogen) atoms. The summed E-state index contributed by atoms with van der Waals surface area (Å²) in [5, 5.41) is 15.3. The van der Waals surface area contributed by atoms with Crippen molar-refractivity contribution in [3.63, 3.8) is 0 Å². The molecule has 0 atom stereocenters. The maximum atomic E-state index is 13.4. The maximum Gasteiger partial charge on any atom is 0.387 e. The highest BCUT2D eigenvalue weighted by Gasteiger charge is 2.12. The lowest BCUT2D eigenvalue weighted by atomic mass is 10.2. The number of benzene rings is 2. The van der Waals surface area contributed by atoms with Crippen LogP contribution < -0.4 is 20.1 Å². The molecule has 160 valence electrons. The zero-order valence-corrected chi connectivity index (χ0v) is 18.2. The van der Waals surface area contributed by atoms with E-state index in [1.807, 2.05) is 6.92 Å². The summed E-state index contributed by atoms with van der Waals surface area (Å²) in [6.45, 7) is -0.207. The van der Waals surface area contributed by atoms with Crippen LogP contribution in [-0.4, -0.2) is 31.3 Å². The zero-order valence-electron chi connectivity index (χ0n) is 15.9. The molecule has 0 fully saturated rings. The Kier molecular flexibility index (Phi) is 10.4. The predicted octanol–water partition coefficient (Wildman–Crippen LogP) is 4.01. The molecule has 0 aliphatic heterocycles. The number of phenols is 1. The van der Waals surface area contributed by atoms with Gasteiger partial charge in [0.05, 0.1) is 13.7 Å². The normalized spacial score (nSPS) is 11.0. The lowest BCUT2D eigenvalue weighted by molar-refractivity contribution is -0.0505. The number of hydrogen-bond donors (Lipinski definition) is 3. The first-order chi connectivity index (χ1) is 13.4. The Balaban J connectivity index is 0.00000420. The van der Waals surface area contributed by atoms with Crippen LogP contribution in [0, 0.1) is 5.82 Å². The van der Waals surface area contributed by atoms with Gasteiger partial charge in [0.2, 0.25) is 0 Å². The molecule has 0 radical (unpaired) electrons. The average Bonchev–Trinajstić information content (AvgIpc) is 2.67. The fourth-order valence-corrected chi connectivity index (χ4v) is 2.37. The number of alkyl halides is 2. The van der Waals surface area contributed by atoms with Crippen LogP contribution in [0.3, 0.4) is 0 Å². The fraction of sp³-hybridized carbons (Fsp3) is 0.316. The summed E-state index contributed by atoms with van der Waals surface area (Å²) >= 11 is 0. The van der Waals surface area contributed by atoms with Gasteiger partial charge < -0.3 is 25.2 Å². The molecule has 2 aromatic rings. The number of methoxy groups -OCH3 is 1. The van der Waals surface area contributed by atoms with E-state index in [1.165, 1.54) is 31.4 Å². The number of aliphatic imine (C=N–C) groups is 1. The van der Waals surface area contributed by atoms with Gasteiger partial charge in [-0.15, -0.1) is 24.0 Å². The van der Waals surface area contributed by atoms with Crippen molar-refractivity contribution >= 4 is 29.9 Å². The van der Waals surface area contributed by atoms with Crippen LogP contribution in [0.4, 0.5) is 13.2 Å². The Bertz CT molecular complexity index is 823. The Morgan fingerprint density at radius 1 is 1.17 bits per heavy atom. The van der Waals surface area contributed by atoms with Gasteiger partial charge in [0.15, 0.2) is 17.5 Å². The van der Waals surface area contributed by atoms with E-state index in [1.54, 1.807) is 12.1 Å². The van der Waals surface area contributed by atoms with Crippen LogP contribution in [-0.2, 0) is 13.1 Å². The zero-order chi connectivity index (χ0) is 20.5. The lowest BCUT2D eigenvalue weighted by Gasteiger charge is -2.15. The molecule has 0 aromatic heterocycles. The minimum absolute atomic E-state index is 0. The van der Waals surface area contributed by atoms with E-state index < -0.39 is 18.2 Å². The van der Waals surface area contributed by atoms with Gasteiger partial charge in [-0.3, -0.25) is 0 Å². The molecule has 0 bridgehead atoms. The molecular weight excluding hydrogens is 502 g/mol. The molecule has 6 nitrogen and oxygen atoms in total. The molecule has 10 heteroatoms. The van der Waals surface area contributed by atoms with Gasteiger partial charge in [-0.1, -0.05) is 6.07 Å². The molecule has 0 saturated carbocycles. The first-order valence-corrected chi connectivity index (χ1v) is 8.54. The third-order valence-electron chi connectivity index (χ3n) is 3.71. The van der Waals surface area contributed by atoms with Gasteiger partial charge in [0.25, 0.3) is 0 Å². The third-order valence-corrected chi connectivity index (χ3v) is 3.71. The summed E-state index contributed by atoms with van der Waals surface area (Å²) in [5.74, 6) is -0.223. The first kappa shape index (κ1) is 24.7. The van der Waals surface area contributed by atoms with Crippen molar-refractivity contribution in [3.05, 3.63) is 53.3 Å². The van der Waals surface area contributed by atoms with E-state index in [0.29, 0.717) is 29.4 Å². The number of rotatable bonds is 8. The van der Waals surface area contributed by atoms with E-state index in [4.69, 9.17) is 4.74 Å². The second-order valence-electron chi connectivity index (χ2n) is 5.69. The largest absolute Gasteiger partial charge is 0.505 e. The van der Waals surface area contributed by atoms with E-state index in [2.05, 4.69) is 20.4 Å². The monoisotopic (exact) mass is 525 g/mol. The number of nitrogens with one attached hydrogen (secondary N) is 2. The first-order valence-electron chi connectivity index (χ1n) is 8.54. The number of ether oxygens (including phenoxy) is 2. The molecule has 0 spiro atoms. The van der Waals surface area contributed by atoms with Crippen LogP contribution in [0.1, 0.15) is 18.1 Å². The molecule has 0 amide bonds. The van der Waals surface area contributed by atoms with E-state index in [-0.39, 0.29) is 42.8 Å². The molecule has 2 rings (SSSR count). The summed E-state index contributed by atoms with van der Waals surface area (Å²) in [6.07, 6.45) is 0. The highest BCUT2D eigenvalue weighted by Crippen LogP contribution is 2.25. The van der Waals surface area contributed by atoms with Crippen LogP contribution in [0.15, 0.2) is 41.4 Å². The topological polar surface area (TPSA) is 75.1 Å². The number of aromatic hydroxyl groups is 1. The Morgan fingerprint density at radius 2 is 1.93 bits per heavy atom. The van der Waals surface area contributed by atoms with Crippen molar-refractivity contribution in [2.75, 3.05) is 13.7 Å². The van der Waals surface area contributed by atoms with Crippen LogP contribution >= 0.6 is 24.0 Å². The van der Waals surface area contributed by atoms with Crippen molar-refractivity contribution < 1.29 is 27.8 Å². The number of halogens is 4. The molecular formula is C19H23F3IN3O3. The summed E-state index contributed by atoms with van der Waals surface area (Å²) in [6, 6.07) is 8.53. The van der Waals surface area contributed by atoms with E-state index >= 15 is 0 Å². The summed E-state index contributed by atoms with van der Waals surface area (Å²) in [4.78, 5) is 4.33. The van der Waals surface area contributed by atoms with E-state index in [9.17, 15) is 18.3 Å². The standard InChI is InChI=1S/C19H22F3N3O3.HI/c1-3-23-19(24-10-12-4-6-16(26)15(20)8-12)25-11-13-9-14(27-2)5-7-17(13)28-18(21)22;/h4-9,18,26H,3,10-11H2,1-2H3,(H2,23,24,25);1H. The van der Waals surface area contributed by atoms with Crippen molar-refractivity contribution in [2.45, 2.75) is 26.6 Å². The molecule has 0 saturated heterocycles. The molecule has 0 aliphatic carbocycles. The van der Waals surface area contributed by atoms with Gasteiger partial charge in [-0.05, 0) is 42.8 Å². The highest BCUT2D eigenvalue weighted by atomic mass is 127. The van der Waals surface area contributed by atoms with Gasteiger partial charge in [-0.25, -0.2) is 9.38 Å². The molecule has 0 heterocycles. The van der Waals surface area contributed by atoms with Crippen molar-refractivity contribution in [3.8, 4) is 17.2 Å². The second kappa shape index (κ2) is 12.2. The fourth-order valence-electron chi connectivity index (χ4n) is 2.37. The average molecular weight is 525 g/mol. The molecule has 3 N–H and O–H groups in total. The van der Waals surface area contributed by atoms with E-state index in [0.717, 1.165) is 0 Å². The number of guanidine groups is 1. The summed E-state index contributed by atoms with van der Waals surface area (Å²) in [5.41, 5.74) is 1.02. The highest BCUT2D eigenvalue weighted by molar-refractivity contribution is 14.0. The van der Waals surface area contributed by atoms with Crippen molar-refractivity contribution in [1.82, 2.24) is 10.6 Å². The molecule has 0 aliphatic rings. The Morgan fingerprint density at radius 3 is 2.55 bits per heavy atom. The number of nitrogens with zero attached hydrogens (tertiary/aromatic N) is 1. The minimum atomic E-state index is -2.95. The van der Waals surface area contributed by atoms with Gasteiger partial charge >= 0.3 is 6.61 Å². The minimum Gasteiger partial charge on any atom is -0.505 e. The SMILES string of the molecule is CCNC(=NCc1ccc(O)c(F)c1)NCc1cc(OC)ccc1OC(F)F.I. The van der Waals surface area contributed by atoms with Crippen LogP contribution in [0.2, 0.25) is 0 Å². The number of hydrogen-bond acceptors (Lipinski definition) is 4. The number of phenolic OH excluding ortho intramolecular Hbond substituents is 1. The second-order valence-corrected chi connectivity index (χ2v) is 5.69. The van der Waals surface area contributed by atoms with Gasteiger partial charge in [0.1, 0.15) is 11.5 Å².